The molecular formula is C24H21N3O5S. The summed E-state index contributed by atoms with van der Waals surface area (Å²) in [5.41, 5.74) is 2.96. The van der Waals surface area contributed by atoms with E-state index in [-0.39, 0.29) is 21.3 Å². The first kappa shape index (κ1) is 22.3. The molecule has 1 atom stereocenters. The lowest BCUT2D eigenvalue weighted by atomic mass is 9.94. The van der Waals surface area contributed by atoms with Gasteiger partial charge in [0.2, 0.25) is 0 Å². The van der Waals surface area contributed by atoms with Crippen LogP contribution in [0.25, 0.3) is 5.76 Å². The number of carbonyl (C=O) groups excluding carboxylic acids is 3. The summed E-state index contributed by atoms with van der Waals surface area (Å²) >= 11 is 0.951. The smallest absolute Gasteiger partial charge is 0.350 e. The van der Waals surface area contributed by atoms with Crippen molar-refractivity contribution in [3.63, 3.8) is 0 Å². The Bertz CT molecular complexity index is 1310. The first-order valence-electron chi connectivity index (χ1n) is 10.1. The zero-order chi connectivity index (χ0) is 23.9. The van der Waals surface area contributed by atoms with Crippen LogP contribution in [0, 0.1) is 20.8 Å². The number of aliphatic hydroxyl groups excluding tert-OH is 1. The molecule has 1 aliphatic heterocycles. The van der Waals surface area contributed by atoms with Crippen molar-refractivity contribution in [1.82, 2.24) is 9.97 Å². The van der Waals surface area contributed by atoms with E-state index in [4.69, 9.17) is 4.74 Å². The normalized spacial score (nSPS) is 17.5. The van der Waals surface area contributed by atoms with Crippen molar-refractivity contribution >= 4 is 39.9 Å². The number of aromatic nitrogens is 2. The SMILES string of the molecule is COC(=O)c1sc(N2C(=O)C(=O)/C(=C(/O)c3cc(C)ccc3C)C2c2cccnc2)nc1C. The second-order valence-electron chi connectivity index (χ2n) is 7.68. The molecule has 168 valence electrons. The minimum atomic E-state index is -0.963. The number of Topliss-reactive ketones (excluding diaryl/α,β-unsaturated/α-hetero) is 1. The predicted octanol–water partition coefficient (Wildman–Crippen LogP) is 3.88. The molecular weight excluding hydrogens is 442 g/mol. The fourth-order valence-electron chi connectivity index (χ4n) is 3.79. The summed E-state index contributed by atoms with van der Waals surface area (Å²) in [5, 5.41) is 11.4. The maximum absolute atomic E-state index is 13.2. The lowest BCUT2D eigenvalue weighted by Gasteiger charge is -2.22. The van der Waals surface area contributed by atoms with Gasteiger partial charge in [0.1, 0.15) is 10.6 Å². The molecule has 2 aromatic heterocycles. The number of rotatable bonds is 4. The van der Waals surface area contributed by atoms with Gasteiger partial charge in [0.15, 0.2) is 5.13 Å². The highest BCUT2D eigenvalue weighted by Gasteiger charge is 2.48. The van der Waals surface area contributed by atoms with Gasteiger partial charge < -0.3 is 9.84 Å². The van der Waals surface area contributed by atoms with Gasteiger partial charge in [0.05, 0.1) is 24.4 Å². The molecule has 1 aliphatic rings. The number of thiazole rings is 1. The minimum Gasteiger partial charge on any atom is -0.507 e. The van der Waals surface area contributed by atoms with Crippen molar-refractivity contribution in [2.24, 2.45) is 0 Å². The molecule has 33 heavy (non-hydrogen) atoms. The molecule has 1 N–H and O–H groups in total. The molecule has 4 rings (SSSR count). The molecule has 1 aromatic carbocycles. The Morgan fingerprint density at radius 1 is 1.18 bits per heavy atom. The number of esters is 1. The Morgan fingerprint density at radius 3 is 2.61 bits per heavy atom. The van der Waals surface area contributed by atoms with E-state index < -0.39 is 23.7 Å². The van der Waals surface area contributed by atoms with Crippen LogP contribution in [0.15, 0.2) is 48.3 Å². The number of aliphatic hydroxyl groups is 1. The Hall–Kier alpha value is -3.85. The van der Waals surface area contributed by atoms with E-state index in [1.807, 2.05) is 26.0 Å². The van der Waals surface area contributed by atoms with E-state index in [1.54, 1.807) is 31.3 Å². The second kappa shape index (κ2) is 8.59. The maximum atomic E-state index is 13.2. The van der Waals surface area contributed by atoms with Crippen LogP contribution in [0.5, 0.6) is 0 Å². The zero-order valence-electron chi connectivity index (χ0n) is 18.4. The minimum absolute atomic E-state index is 0.0610. The number of ether oxygens (including phenoxy) is 1. The average molecular weight is 464 g/mol. The summed E-state index contributed by atoms with van der Waals surface area (Å²) < 4.78 is 4.80. The van der Waals surface area contributed by atoms with Gasteiger partial charge >= 0.3 is 11.9 Å². The lowest BCUT2D eigenvalue weighted by molar-refractivity contribution is -0.132. The fraction of sp³-hybridized carbons (Fsp3) is 0.208. The average Bonchev–Trinajstić information content (AvgIpc) is 3.32. The number of methoxy groups -OCH3 is 1. The highest BCUT2D eigenvalue weighted by molar-refractivity contribution is 7.17. The quantitative estimate of drug-likeness (QED) is 0.271. The molecule has 3 heterocycles. The van der Waals surface area contributed by atoms with E-state index in [0.29, 0.717) is 16.8 Å². The molecule has 0 radical (unpaired) electrons. The van der Waals surface area contributed by atoms with Crippen LogP contribution < -0.4 is 4.90 Å². The van der Waals surface area contributed by atoms with Gasteiger partial charge in [-0.25, -0.2) is 9.78 Å². The lowest BCUT2D eigenvalue weighted by Crippen LogP contribution is -2.29. The van der Waals surface area contributed by atoms with Crippen molar-refractivity contribution in [3.8, 4) is 0 Å². The number of carbonyl (C=O) groups is 3. The predicted molar refractivity (Wildman–Crippen MR) is 123 cm³/mol. The molecule has 0 saturated carbocycles. The van der Waals surface area contributed by atoms with Crippen molar-refractivity contribution in [2.75, 3.05) is 12.0 Å². The van der Waals surface area contributed by atoms with Crippen LogP contribution in [-0.2, 0) is 14.3 Å². The standard InChI is InChI=1S/C24H21N3O5S/c1-12-7-8-13(2)16(10-12)19(28)17-18(15-6-5-9-25-11-15)27(22(30)20(17)29)24-26-14(3)21(33-24)23(31)32-4/h5-11,18,28H,1-4H3/b19-17+. The molecule has 8 nitrogen and oxygen atoms in total. The topological polar surface area (TPSA) is 110 Å². The molecule has 1 unspecified atom stereocenters. The zero-order valence-corrected chi connectivity index (χ0v) is 19.3. The Kier molecular flexibility index (Phi) is 5.82. The van der Waals surface area contributed by atoms with Gasteiger partial charge in [0.25, 0.3) is 5.78 Å². The van der Waals surface area contributed by atoms with Crippen LogP contribution in [0.2, 0.25) is 0 Å². The highest BCUT2D eigenvalue weighted by Crippen LogP contribution is 2.44. The molecule has 3 aromatic rings. The van der Waals surface area contributed by atoms with Crippen molar-refractivity contribution < 1.29 is 24.2 Å². The third kappa shape index (κ3) is 3.80. The van der Waals surface area contributed by atoms with Gasteiger partial charge in [-0.1, -0.05) is 35.1 Å². The number of nitrogens with zero attached hydrogens (tertiary/aromatic N) is 3. The summed E-state index contributed by atoms with van der Waals surface area (Å²) in [4.78, 5) is 48.5. The van der Waals surface area contributed by atoms with E-state index in [9.17, 15) is 19.5 Å². The van der Waals surface area contributed by atoms with Gasteiger partial charge in [-0.15, -0.1) is 0 Å². The van der Waals surface area contributed by atoms with Crippen molar-refractivity contribution in [2.45, 2.75) is 26.8 Å². The number of ketones is 1. The molecule has 1 saturated heterocycles. The third-order valence-corrected chi connectivity index (χ3v) is 6.59. The number of amides is 1. The summed E-state index contributed by atoms with van der Waals surface area (Å²) in [5.74, 6) is -2.54. The maximum Gasteiger partial charge on any atom is 0.350 e. The molecule has 9 heteroatoms. The highest BCUT2D eigenvalue weighted by atomic mass is 32.1. The first-order chi connectivity index (χ1) is 15.7. The summed E-state index contributed by atoms with van der Waals surface area (Å²) in [6.07, 6.45) is 3.10. The Balaban J connectivity index is 1.96. The molecule has 1 amide bonds. The molecule has 0 bridgehead atoms. The number of aryl methyl sites for hydroxylation is 3. The summed E-state index contributed by atoms with van der Waals surface area (Å²) in [6.45, 7) is 5.31. The summed E-state index contributed by atoms with van der Waals surface area (Å²) in [6, 6.07) is 7.94. The molecule has 0 aliphatic carbocycles. The number of hydrogen-bond acceptors (Lipinski definition) is 8. The van der Waals surface area contributed by atoms with Gasteiger partial charge in [-0.2, -0.15) is 0 Å². The van der Waals surface area contributed by atoms with Gasteiger partial charge in [-0.3, -0.25) is 19.5 Å². The largest absolute Gasteiger partial charge is 0.507 e. The first-order valence-corrected chi connectivity index (χ1v) is 10.9. The van der Waals surface area contributed by atoms with Crippen LogP contribution in [-0.4, -0.2) is 39.8 Å². The number of pyridine rings is 1. The monoisotopic (exact) mass is 463 g/mol. The van der Waals surface area contributed by atoms with Crippen LogP contribution in [0.3, 0.4) is 0 Å². The van der Waals surface area contributed by atoms with Crippen LogP contribution in [0.4, 0.5) is 5.13 Å². The number of hydrogen-bond donors (Lipinski definition) is 1. The van der Waals surface area contributed by atoms with E-state index >= 15 is 0 Å². The van der Waals surface area contributed by atoms with Gasteiger partial charge in [-0.05, 0) is 44.0 Å². The van der Waals surface area contributed by atoms with Crippen molar-refractivity contribution in [1.29, 1.82) is 0 Å². The Morgan fingerprint density at radius 2 is 1.94 bits per heavy atom. The molecule has 0 spiro atoms. The van der Waals surface area contributed by atoms with E-state index in [2.05, 4.69) is 9.97 Å². The van der Waals surface area contributed by atoms with Gasteiger partial charge in [0, 0.05) is 18.0 Å². The van der Waals surface area contributed by atoms with Crippen LogP contribution in [0.1, 0.15) is 43.7 Å². The fourth-order valence-corrected chi connectivity index (χ4v) is 4.80. The van der Waals surface area contributed by atoms with Crippen molar-refractivity contribution in [3.05, 3.63) is 81.1 Å². The Labute approximate surface area is 194 Å². The number of benzene rings is 1. The van der Waals surface area contributed by atoms with Crippen LogP contribution >= 0.6 is 11.3 Å². The number of anilines is 1. The second-order valence-corrected chi connectivity index (χ2v) is 8.65. The molecule has 1 fully saturated rings. The van der Waals surface area contributed by atoms with E-state index in [0.717, 1.165) is 22.5 Å². The summed E-state index contributed by atoms with van der Waals surface area (Å²) in [7, 11) is 1.26. The van der Waals surface area contributed by atoms with E-state index in [1.165, 1.54) is 18.2 Å². The third-order valence-electron chi connectivity index (χ3n) is 5.45.